The number of benzene rings is 1. The van der Waals surface area contributed by atoms with Crippen LogP contribution in [0.1, 0.15) is 79.6 Å². The van der Waals surface area contributed by atoms with Crippen LogP contribution in [0, 0.1) is 29.6 Å². The molecule has 2 aliphatic rings. The van der Waals surface area contributed by atoms with E-state index in [2.05, 4.69) is 94.5 Å². The number of carbonyl (C=O) groups is 2. The fourth-order valence-corrected chi connectivity index (χ4v) is 14.3. The molecule has 1 aromatic carbocycles. The summed E-state index contributed by atoms with van der Waals surface area (Å²) in [5.74, 6) is -1.82. The van der Waals surface area contributed by atoms with E-state index in [1.54, 1.807) is 12.1 Å². The third-order valence-corrected chi connectivity index (χ3v) is 21.5. The molecule has 7 atom stereocenters. The molecule has 0 saturated heterocycles. The fourth-order valence-electron chi connectivity index (χ4n) is 7.61. The molecule has 0 aliphatic heterocycles. The van der Waals surface area contributed by atoms with E-state index in [9.17, 15) is 9.59 Å². The summed E-state index contributed by atoms with van der Waals surface area (Å²) in [5.41, 5.74) is 1.71. The highest BCUT2D eigenvalue weighted by atomic mass is 28.4. The SMILES string of the molecule is COC(=O)[C@H]1[C@H]2[C@H](C=C[C@H]1CO[Si](C)(C)C(C)(C)C)[C@H](O[Si](C(C)C)(C(C)C)C(C)C)[C@@H](C)[C@@H]2OC(=O)c1ccccc1. The molecular weight excluding hydrogens is 573 g/mol. The van der Waals surface area contributed by atoms with Crippen molar-refractivity contribution in [2.24, 2.45) is 29.6 Å². The summed E-state index contributed by atoms with van der Waals surface area (Å²) >= 11 is 0. The maximum absolute atomic E-state index is 13.7. The molecule has 2 aliphatic carbocycles. The van der Waals surface area contributed by atoms with E-state index >= 15 is 0 Å². The molecule has 0 bridgehead atoms. The van der Waals surface area contributed by atoms with Crippen LogP contribution in [0.5, 0.6) is 0 Å². The highest BCUT2D eigenvalue weighted by Gasteiger charge is 2.60. The number of rotatable bonds is 11. The van der Waals surface area contributed by atoms with Gasteiger partial charge in [-0.3, -0.25) is 4.79 Å². The first-order valence-corrected chi connectivity index (χ1v) is 21.3. The van der Waals surface area contributed by atoms with Crippen LogP contribution in [0.25, 0.3) is 0 Å². The van der Waals surface area contributed by atoms with Gasteiger partial charge < -0.3 is 18.3 Å². The van der Waals surface area contributed by atoms with Crippen LogP contribution in [0.3, 0.4) is 0 Å². The Balaban J connectivity index is 2.10. The summed E-state index contributed by atoms with van der Waals surface area (Å²) in [6, 6.07) is 9.11. The van der Waals surface area contributed by atoms with Crippen molar-refractivity contribution in [2.75, 3.05) is 13.7 Å². The van der Waals surface area contributed by atoms with E-state index in [1.165, 1.54) is 7.11 Å². The second-order valence-electron chi connectivity index (χ2n) is 15.3. The average Bonchev–Trinajstić information content (AvgIpc) is 3.18. The lowest BCUT2D eigenvalue weighted by Crippen LogP contribution is -2.52. The topological polar surface area (TPSA) is 71.1 Å². The Labute approximate surface area is 263 Å². The largest absolute Gasteiger partial charge is 0.469 e. The van der Waals surface area contributed by atoms with Crippen molar-refractivity contribution in [3.8, 4) is 0 Å². The van der Waals surface area contributed by atoms with E-state index in [4.69, 9.17) is 18.3 Å². The number of hydrogen-bond donors (Lipinski definition) is 0. The third kappa shape index (κ3) is 7.07. The Morgan fingerprint density at radius 1 is 0.884 bits per heavy atom. The van der Waals surface area contributed by atoms with Gasteiger partial charge in [0.1, 0.15) is 6.10 Å². The maximum Gasteiger partial charge on any atom is 0.338 e. The van der Waals surface area contributed by atoms with Gasteiger partial charge in [0.2, 0.25) is 8.32 Å². The quantitative estimate of drug-likeness (QED) is 0.138. The van der Waals surface area contributed by atoms with Gasteiger partial charge in [0.15, 0.2) is 8.32 Å². The maximum atomic E-state index is 13.7. The zero-order valence-electron chi connectivity index (χ0n) is 29.0. The van der Waals surface area contributed by atoms with Crippen molar-refractivity contribution < 1.29 is 27.9 Å². The van der Waals surface area contributed by atoms with Gasteiger partial charge in [0, 0.05) is 30.3 Å². The summed E-state index contributed by atoms with van der Waals surface area (Å²) < 4.78 is 26.0. The predicted molar refractivity (Wildman–Crippen MR) is 179 cm³/mol. The van der Waals surface area contributed by atoms with Crippen LogP contribution in [-0.2, 0) is 23.1 Å². The Morgan fingerprint density at radius 3 is 1.93 bits per heavy atom. The number of esters is 2. The Hall–Kier alpha value is -1.75. The van der Waals surface area contributed by atoms with Gasteiger partial charge in [-0.2, -0.15) is 0 Å². The van der Waals surface area contributed by atoms with E-state index in [-0.39, 0.29) is 46.8 Å². The normalized spacial score (nSPS) is 28.0. The molecule has 0 radical (unpaired) electrons. The molecule has 1 aromatic rings. The molecule has 0 spiro atoms. The molecule has 1 fully saturated rings. The van der Waals surface area contributed by atoms with Crippen LogP contribution in [0.2, 0.25) is 34.8 Å². The molecule has 6 nitrogen and oxygen atoms in total. The van der Waals surface area contributed by atoms with Crippen molar-refractivity contribution in [1.29, 1.82) is 0 Å². The lowest BCUT2D eigenvalue weighted by molar-refractivity contribution is -0.153. The van der Waals surface area contributed by atoms with Crippen molar-refractivity contribution in [3.05, 3.63) is 48.0 Å². The minimum Gasteiger partial charge on any atom is -0.469 e. The molecule has 8 heteroatoms. The number of hydrogen-bond acceptors (Lipinski definition) is 6. The highest BCUT2D eigenvalue weighted by Crippen LogP contribution is 2.54. The van der Waals surface area contributed by atoms with Crippen LogP contribution in [-0.4, -0.2) is 54.5 Å². The molecule has 242 valence electrons. The molecule has 1 saturated carbocycles. The molecule has 0 aromatic heterocycles. The van der Waals surface area contributed by atoms with Crippen molar-refractivity contribution >= 4 is 28.6 Å². The summed E-state index contributed by atoms with van der Waals surface area (Å²) in [4.78, 5) is 27.2. The molecule has 0 N–H and O–H groups in total. The van der Waals surface area contributed by atoms with Gasteiger partial charge in [-0.05, 0) is 46.9 Å². The van der Waals surface area contributed by atoms with E-state index < -0.39 is 28.7 Å². The minimum atomic E-state index is -2.29. The number of carbonyl (C=O) groups excluding carboxylic acids is 2. The fraction of sp³-hybridized carbons (Fsp3) is 0.714. The Morgan fingerprint density at radius 2 is 1.44 bits per heavy atom. The number of methoxy groups -OCH3 is 1. The predicted octanol–water partition coefficient (Wildman–Crippen LogP) is 8.65. The lowest BCUT2D eigenvalue weighted by atomic mass is 9.71. The lowest BCUT2D eigenvalue weighted by Gasteiger charge is -2.46. The average molecular weight is 631 g/mol. The highest BCUT2D eigenvalue weighted by molar-refractivity contribution is 6.77. The van der Waals surface area contributed by atoms with Crippen molar-refractivity contribution in [3.63, 3.8) is 0 Å². The molecule has 0 unspecified atom stereocenters. The second-order valence-corrected chi connectivity index (χ2v) is 25.5. The van der Waals surface area contributed by atoms with E-state index in [0.29, 0.717) is 28.8 Å². The summed E-state index contributed by atoms with van der Waals surface area (Å²) in [6.07, 6.45) is 3.71. The van der Waals surface area contributed by atoms with Gasteiger partial charge in [0.05, 0.1) is 24.7 Å². The summed E-state index contributed by atoms with van der Waals surface area (Å²) in [6.45, 7) is 27.4. The molecule has 0 heterocycles. The first kappa shape index (κ1) is 35.7. The third-order valence-electron chi connectivity index (χ3n) is 10.9. The number of fused-ring (bicyclic) bond motifs is 1. The first-order valence-electron chi connectivity index (χ1n) is 16.2. The van der Waals surface area contributed by atoms with Gasteiger partial charge in [-0.25, -0.2) is 4.79 Å². The van der Waals surface area contributed by atoms with Gasteiger partial charge >= 0.3 is 11.9 Å². The molecule has 3 rings (SSSR count). The first-order chi connectivity index (χ1) is 19.9. The van der Waals surface area contributed by atoms with E-state index in [1.807, 2.05) is 18.2 Å². The monoisotopic (exact) mass is 630 g/mol. The van der Waals surface area contributed by atoms with E-state index in [0.717, 1.165) is 0 Å². The summed E-state index contributed by atoms with van der Waals surface area (Å²) in [5, 5.41) is 0.0434. The molecular formula is C35H58O6Si2. The molecule has 43 heavy (non-hydrogen) atoms. The number of ether oxygens (including phenoxy) is 2. The van der Waals surface area contributed by atoms with Crippen LogP contribution in [0.15, 0.2) is 42.5 Å². The van der Waals surface area contributed by atoms with Crippen LogP contribution in [0.4, 0.5) is 0 Å². The van der Waals surface area contributed by atoms with Gasteiger partial charge in [-0.1, -0.05) is 99.6 Å². The van der Waals surface area contributed by atoms with Crippen molar-refractivity contribution in [1.82, 2.24) is 0 Å². The Kier molecular flexibility index (Phi) is 11.4. The standard InChI is InChI=1S/C35H58O6Si2/c1-22(2)43(23(3)4,24(5)6)41-31-25(7)32(40-33(36)26-17-15-14-16-18-26)30-28(31)20-19-27(29(30)34(37)38-11)21-39-42(12,13)35(8,9)10/h14-20,22-25,27-32H,21H2,1-13H3/t25-,27+,28+,29-,30-,31-,32+/m1/s1. The molecule has 0 amide bonds. The Bertz CT molecular complexity index is 1100. The zero-order valence-corrected chi connectivity index (χ0v) is 31.0. The smallest absolute Gasteiger partial charge is 0.338 e. The zero-order chi connectivity index (χ0) is 32.5. The van der Waals surface area contributed by atoms with Crippen LogP contribution >= 0.6 is 0 Å². The van der Waals surface area contributed by atoms with Crippen LogP contribution < -0.4 is 0 Å². The van der Waals surface area contributed by atoms with Crippen molar-refractivity contribution in [2.45, 2.75) is 116 Å². The second kappa shape index (κ2) is 13.7. The summed E-state index contributed by atoms with van der Waals surface area (Å²) in [7, 11) is -2.91. The van der Waals surface area contributed by atoms with Gasteiger partial charge in [-0.15, -0.1) is 0 Å². The minimum absolute atomic E-state index is 0.0434. The van der Waals surface area contributed by atoms with Gasteiger partial charge in [0.25, 0.3) is 0 Å².